The molecule has 4 heterocycles. The number of likely N-dealkylation sites (tertiary alicyclic amines) is 2. The Balaban J connectivity index is 0.790. The van der Waals surface area contributed by atoms with Gasteiger partial charge in [-0.3, -0.25) is 9.59 Å². The molecule has 0 spiro atoms. The number of carbonyl (C=O) groups excluding carboxylic acids is 4. The third-order valence-electron chi connectivity index (χ3n) is 17.9. The molecule has 0 radical (unpaired) electrons. The second-order valence-electron chi connectivity index (χ2n) is 22.5. The van der Waals surface area contributed by atoms with Gasteiger partial charge in [-0.1, -0.05) is 105 Å². The highest BCUT2D eigenvalue weighted by molar-refractivity contribution is 7.98. The number of thioether (sulfide) groups is 2. The molecule has 16 heteroatoms. The van der Waals surface area contributed by atoms with Crippen molar-refractivity contribution in [2.24, 2.45) is 23.7 Å². The number of aromatic nitrogens is 4. The number of benzene rings is 4. The van der Waals surface area contributed by atoms with Crippen LogP contribution in [0.25, 0.3) is 44.8 Å². The van der Waals surface area contributed by atoms with Crippen LogP contribution in [0.2, 0.25) is 0 Å². The zero-order valence-electron chi connectivity index (χ0n) is 46.1. The van der Waals surface area contributed by atoms with Gasteiger partial charge < -0.3 is 39.9 Å². The summed E-state index contributed by atoms with van der Waals surface area (Å²) in [6.07, 6.45) is 17.1. The molecule has 2 aromatic heterocycles. The van der Waals surface area contributed by atoms with E-state index in [9.17, 15) is 19.2 Å². The Morgan fingerprint density at radius 2 is 1.10 bits per heavy atom. The Morgan fingerprint density at radius 1 is 0.620 bits per heavy atom. The number of carbonyl (C=O) groups is 4. The van der Waals surface area contributed by atoms with Crippen LogP contribution in [-0.4, -0.2) is 117 Å². The third kappa shape index (κ3) is 11.3. The molecular formula is C63H74N8O6S2. The van der Waals surface area contributed by atoms with Gasteiger partial charge in [0, 0.05) is 36.6 Å². The molecule has 14 nitrogen and oxygen atoms in total. The standard InChI is InChI=1S/C63H74N8O6S2/c1-37-30-45-15-13-38(31-50(45)40-16-21-42(22-17-40)54-33-64-58(66-54)56-48-10-6-8-46(48)35-70(56)60(72)52(26-28-78-4)68-62(74)76-2)12-14-39-20-25-44(37)32-51(39)41-18-23-43(24-19-41)55-34-65-59(67-55)57-49-11-7-9-47(49)36-71(57)61(73)53(27-29-79-5)69-63(75)77-3/h13,15-25,31-34,37,46-49,52-53,56-57H,6-12,14,26-30,35-36H2,1-5H3,(H,64,66)(H,65,67)(H,68,74)(H,69,75)/t37-,46?,47?,48?,49?,52+,53+,56+,57+/m1/s1. The monoisotopic (exact) mass is 1100 g/mol. The summed E-state index contributed by atoms with van der Waals surface area (Å²) in [5, 5.41) is 5.64. The number of ether oxygens (including phenoxy) is 2. The number of alkyl carbamates (subject to hydrolysis) is 2. The smallest absolute Gasteiger partial charge is 0.407 e. The number of imidazole rings is 2. The Kier molecular flexibility index (Phi) is 16.6. The van der Waals surface area contributed by atoms with Crippen LogP contribution in [0.4, 0.5) is 9.59 Å². The quantitative estimate of drug-likeness (QED) is 0.0730. The molecule has 4 unspecified atom stereocenters. The van der Waals surface area contributed by atoms with E-state index in [2.05, 4.69) is 112 Å². The number of nitrogens with one attached hydrogen (secondary N) is 4. The van der Waals surface area contributed by atoms with Gasteiger partial charge in [0.2, 0.25) is 11.8 Å². The summed E-state index contributed by atoms with van der Waals surface area (Å²) in [4.78, 5) is 74.4. The number of hydrogen-bond donors (Lipinski definition) is 4. The lowest BCUT2D eigenvalue weighted by Crippen LogP contribution is -2.49. The molecule has 6 aromatic rings. The normalized spacial score (nSPS) is 22.9. The molecule has 79 heavy (non-hydrogen) atoms. The van der Waals surface area contributed by atoms with Gasteiger partial charge in [-0.15, -0.1) is 0 Å². The minimum Gasteiger partial charge on any atom is -0.453 e. The molecule has 4 fully saturated rings. The van der Waals surface area contributed by atoms with Crippen molar-refractivity contribution in [3.05, 3.63) is 131 Å². The van der Waals surface area contributed by atoms with E-state index in [-0.39, 0.29) is 29.8 Å². The lowest BCUT2D eigenvalue weighted by Gasteiger charge is -2.30. The molecule has 8 aliphatic rings. The van der Waals surface area contributed by atoms with E-state index in [4.69, 9.17) is 19.4 Å². The molecule has 6 aliphatic carbocycles. The van der Waals surface area contributed by atoms with Crippen LogP contribution in [0.1, 0.15) is 110 Å². The predicted octanol–water partition coefficient (Wildman–Crippen LogP) is 11.8. The zero-order valence-corrected chi connectivity index (χ0v) is 47.7. The Labute approximate surface area is 472 Å². The van der Waals surface area contributed by atoms with Crippen LogP contribution >= 0.6 is 23.5 Å². The highest BCUT2D eigenvalue weighted by Crippen LogP contribution is 2.51. The van der Waals surface area contributed by atoms with Gasteiger partial charge in [0.05, 0.1) is 37.7 Å². The second kappa shape index (κ2) is 24.1. The van der Waals surface area contributed by atoms with Gasteiger partial charge in [-0.05, 0) is 156 Å². The minimum absolute atomic E-state index is 0.0700. The van der Waals surface area contributed by atoms with Gasteiger partial charge in [-0.2, -0.15) is 23.5 Å². The van der Waals surface area contributed by atoms with Crippen LogP contribution in [0.3, 0.4) is 0 Å². The SMILES string of the molecule is COC(=O)N[C@@H](CCSC)C(=O)N1CC2CCCC2[C@H]1c1nc(-c2ccc(-c3cc4ccc3CCc3ccc(c(-c5ccc(-c6c[nH]c([C@@H]7C8CCCC8CN7C(=O)[C@H](CCSC)NC(=O)OC)n6)cc5)c3)C[C@H]4C)cc2)c[nH]1. The number of amides is 4. The molecule has 4 N–H and O–H groups in total. The van der Waals surface area contributed by atoms with E-state index in [0.717, 1.165) is 103 Å². The predicted molar refractivity (Wildman–Crippen MR) is 314 cm³/mol. The third-order valence-corrected chi connectivity index (χ3v) is 19.2. The summed E-state index contributed by atoms with van der Waals surface area (Å²) in [6.45, 7) is 3.67. The van der Waals surface area contributed by atoms with E-state index in [1.54, 1.807) is 23.5 Å². The van der Waals surface area contributed by atoms with E-state index < -0.39 is 24.3 Å². The van der Waals surface area contributed by atoms with Gasteiger partial charge in [0.1, 0.15) is 23.7 Å². The number of H-pyrrole nitrogens is 2. The van der Waals surface area contributed by atoms with Crippen molar-refractivity contribution in [2.75, 3.05) is 51.3 Å². The molecule has 4 amide bonds. The number of nitrogens with zero attached hydrogens (tertiary/aromatic N) is 4. The van der Waals surface area contributed by atoms with Crippen molar-refractivity contribution < 1.29 is 28.7 Å². The second-order valence-corrected chi connectivity index (χ2v) is 24.5. The lowest BCUT2D eigenvalue weighted by molar-refractivity contribution is -0.135. The summed E-state index contributed by atoms with van der Waals surface area (Å²) < 4.78 is 9.82. The maximum absolute atomic E-state index is 14.2. The van der Waals surface area contributed by atoms with Crippen molar-refractivity contribution in [3.8, 4) is 44.8 Å². The van der Waals surface area contributed by atoms with Crippen molar-refractivity contribution in [2.45, 2.75) is 108 Å². The van der Waals surface area contributed by atoms with Crippen molar-refractivity contribution in [1.82, 2.24) is 40.4 Å². The van der Waals surface area contributed by atoms with Gasteiger partial charge in [0.25, 0.3) is 0 Å². The molecule has 4 aromatic carbocycles. The number of methoxy groups -OCH3 is 2. The molecule has 4 bridgehead atoms. The minimum atomic E-state index is -0.657. The lowest BCUT2D eigenvalue weighted by atomic mass is 9.84. The van der Waals surface area contributed by atoms with E-state index >= 15 is 0 Å². The first-order valence-electron chi connectivity index (χ1n) is 28.4. The number of hydrogen-bond acceptors (Lipinski definition) is 10. The van der Waals surface area contributed by atoms with Crippen LogP contribution in [0, 0.1) is 23.7 Å². The van der Waals surface area contributed by atoms with Gasteiger partial charge >= 0.3 is 12.2 Å². The Morgan fingerprint density at radius 3 is 1.59 bits per heavy atom. The van der Waals surface area contributed by atoms with Crippen LogP contribution in [-0.2, 0) is 38.3 Å². The first-order valence-corrected chi connectivity index (χ1v) is 31.2. The highest BCUT2D eigenvalue weighted by atomic mass is 32.2. The van der Waals surface area contributed by atoms with E-state index in [0.29, 0.717) is 49.6 Å². The largest absolute Gasteiger partial charge is 0.453 e. The summed E-state index contributed by atoms with van der Waals surface area (Å²) in [7, 11) is 2.66. The number of aromatic amines is 2. The molecule has 9 atom stereocenters. The maximum atomic E-state index is 14.2. The molecule has 2 aliphatic heterocycles. The van der Waals surface area contributed by atoms with Crippen molar-refractivity contribution >= 4 is 47.5 Å². The fraction of sp³-hybridized carbons (Fsp3) is 0.460. The summed E-state index contributed by atoms with van der Waals surface area (Å²) in [5.74, 6) is 4.69. The summed E-state index contributed by atoms with van der Waals surface area (Å²) >= 11 is 3.31. The van der Waals surface area contributed by atoms with Crippen LogP contribution < -0.4 is 10.6 Å². The fourth-order valence-corrected chi connectivity index (χ4v) is 14.8. The maximum Gasteiger partial charge on any atom is 0.407 e. The summed E-state index contributed by atoms with van der Waals surface area (Å²) in [6, 6.07) is 30.0. The van der Waals surface area contributed by atoms with Gasteiger partial charge in [0.15, 0.2) is 0 Å². The van der Waals surface area contributed by atoms with Crippen LogP contribution in [0.5, 0.6) is 0 Å². The van der Waals surface area contributed by atoms with Crippen LogP contribution in [0.15, 0.2) is 97.3 Å². The first-order chi connectivity index (χ1) is 38.5. The first kappa shape index (κ1) is 54.4. The van der Waals surface area contributed by atoms with E-state index in [1.807, 2.05) is 34.7 Å². The molecule has 2 saturated heterocycles. The number of aryl methyl sites for hydroxylation is 2. The average molecular weight is 1100 g/mol. The topological polar surface area (TPSA) is 175 Å². The Hall–Kier alpha value is -6.52. The average Bonchev–Trinajstić information content (AvgIpc) is 4.40. The zero-order chi connectivity index (χ0) is 54.7. The Bertz CT molecular complexity index is 3160. The molecule has 14 rings (SSSR count). The van der Waals surface area contributed by atoms with Crippen molar-refractivity contribution in [3.63, 3.8) is 0 Å². The summed E-state index contributed by atoms with van der Waals surface area (Å²) in [5.41, 5.74) is 13.8. The fourth-order valence-electron chi connectivity index (χ4n) is 13.8. The number of fused-ring (bicyclic) bond motifs is 2. The molecular weight excluding hydrogens is 1030 g/mol. The van der Waals surface area contributed by atoms with E-state index in [1.165, 1.54) is 58.7 Å². The van der Waals surface area contributed by atoms with Crippen molar-refractivity contribution in [1.29, 1.82) is 0 Å². The molecule has 2 saturated carbocycles. The molecule has 414 valence electrons. The highest BCUT2D eigenvalue weighted by Gasteiger charge is 2.50. The number of rotatable bonds is 16. The van der Waals surface area contributed by atoms with Gasteiger partial charge in [-0.25, -0.2) is 19.6 Å².